The molecule has 0 radical (unpaired) electrons. The van der Waals surface area contributed by atoms with Gasteiger partial charge in [0.2, 0.25) is 5.91 Å². The van der Waals surface area contributed by atoms with E-state index in [1.807, 2.05) is 49.4 Å². The molecule has 3 atom stereocenters. The molecule has 37 heavy (non-hydrogen) atoms. The van der Waals surface area contributed by atoms with Crippen LogP contribution in [0.1, 0.15) is 62.3 Å². The number of hydrogen-bond acceptors (Lipinski definition) is 7. The molecule has 3 N–H and O–H groups in total. The maximum atomic E-state index is 12.9. The summed E-state index contributed by atoms with van der Waals surface area (Å²) in [6, 6.07) is 14.9. The highest BCUT2D eigenvalue weighted by atomic mass is 16.5. The number of carbonyl (C=O) groups is 1. The van der Waals surface area contributed by atoms with E-state index in [9.17, 15) is 14.7 Å². The smallest absolute Gasteiger partial charge is 0.275 e. The van der Waals surface area contributed by atoms with Crippen molar-refractivity contribution in [1.29, 1.82) is 0 Å². The van der Waals surface area contributed by atoms with Gasteiger partial charge in [-0.2, -0.15) is 0 Å². The highest BCUT2D eigenvalue weighted by Crippen LogP contribution is 2.28. The van der Waals surface area contributed by atoms with E-state index in [4.69, 9.17) is 9.47 Å². The number of aromatic amines is 1. The summed E-state index contributed by atoms with van der Waals surface area (Å²) < 4.78 is 10.9. The van der Waals surface area contributed by atoms with Gasteiger partial charge in [-0.05, 0) is 63.3 Å². The first kappa shape index (κ1) is 27.9. The minimum absolute atomic E-state index is 0.107. The number of ether oxygens (including phenoxy) is 2. The first-order chi connectivity index (χ1) is 17.8. The van der Waals surface area contributed by atoms with E-state index in [0.717, 1.165) is 18.4 Å². The van der Waals surface area contributed by atoms with Crippen LogP contribution >= 0.6 is 0 Å². The number of carbonyl (C=O) groups excluding carboxylic acids is 1. The quantitative estimate of drug-likeness (QED) is 0.323. The summed E-state index contributed by atoms with van der Waals surface area (Å²) in [4.78, 5) is 28.4. The summed E-state index contributed by atoms with van der Waals surface area (Å²) in [5.74, 6) is 0.722. The van der Waals surface area contributed by atoms with Crippen LogP contribution in [-0.2, 0) is 17.6 Å². The molecule has 9 nitrogen and oxygen atoms in total. The second-order valence-corrected chi connectivity index (χ2v) is 9.04. The Bertz CT molecular complexity index is 1210. The molecule has 1 heterocycles. The first-order valence-electron chi connectivity index (χ1n) is 12.6. The zero-order chi connectivity index (χ0) is 26.8. The number of hydrogen-bond donors (Lipinski definition) is 3. The van der Waals surface area contributed by atoms with Gasteiger partial charge in [0.25, 0.3) is 5.56 Å². The van der Waals surface area contributed by atoms with Gasteiger partial charge in [-0.3, -0.25) is 9.59 Å². The van der Waals surface area contributed by atoms with Crippen molar-refractivity contribution in [2.24, 2.45) is 5.92 Å². The van der Waals surface area contributed by atoms with Crippen LogP contribution in [0.2, 0.25) is 0 Å². The predicted octanol–water partition coefficient (Wildman–Crippen LogP) is 3.36. The van der Waals surface area contributed by atoms with Gasteiger partial charge in [0.05, 0.1) is 31.8 Å². The van der Waals surface area contributed by atoms with Gasteiger partial charge in [0.15, 0.2) is 11.5 Å². The lowest BCUT2D eigenvalue weighted by molar-refractivity contribution is -0.129. The predicted molar refractivity (Wildman–Crippen MR) is 141 cm³/mol. The third-order valence-electron chi connectivity index (χ3n) is 6.18. The van der Waals surface area contributed by atoms with Crippen molar-refractivity contribution < 1.29 is 19.4 Å². The number of aryl methyl sites for hydroxylation is 1. The van der Waals surface area contributed by atoms with E-state index < -0.39 is 23.6 Å². The third kappa shape index (κ3) is 7.88. The Kier molecular flexibility index (Phi) is 10.2. The van der Waals surface area contributed by atoms with E-state index in [1.54, 1.807) is 27.0 Å². The van der Waals surface area contributed by atoms with Gasteiger partial charge < -0.3 is 24.9 Å². The summed E-state index contributed by atoms with van der Waals surface area (Å²) in [7, 11) is 1.58. The van der Waals surface area contributed by atoms with E-state index >= 15 is 0 Å². The SMILES string of the molecule is CCOc1cc(Cc2nnc(C(C)NC(=O)C(CCCc3ccccc3)C(C)O)c(=O)[nH]2)ccc1OC. The zero-order valence-corrected chi connectivity index (χ0v) is 21.9. The molecule has 0 saturated heterocycles. The van der Waals surface area contributed by atoms with Crippen molar-refractivity contribution in [2.75, 3.05) is 13.7 Å². The number of nitrogens with zero attached hydrogens (tertiary/aromatic N) is 2. The molecule has 3 rings (SSSR count). The van der Waals surface area contributed by atoms with E-state index in [1.165, 1.54) is 5.56 Å². The lowest BCUT2D eigenvalue weighted by atomic mass is 9.94. The number of H-pyrrole nitrogens is 1. The number of aliphatic hydroxyl groups excluding tert-OH is 1. The van der Waals surface area contributed by atoms with Crippen LogP contribution in [0.5, 0.6) is 11.5 Å². The number of methoxy groups -OCH3 is 1. The van der Waals surface area contributed by atoms with Crippen molar-refractivity contribution in [1.82, 2.24) is 20.5 Å². The molecule has 0 fully saturated rings. The highest BCUT2D eigenvalue weighted by Gasteiger charge is 2.26. The zero-order valence-electron chi connectivity index (χ0n) is 21.9. The van der Waals surface area contributed by atoms with Crippen molar-refractivity contribution >= 4 is 5.91 Å². The summed E-state index contributed by atoms with van der Waals surface area (Å²) in [6.45, 7) is 5.67. The Morgan fingerprint density at radius 3 is 2.49 bits per heavy atom. The molecule has 0 aliphatic carbocycles. The molecule has 1 aromatic heterocycles. The second-order valence-electron chi connectivity index (χ2n) is 9.04. The fourth-order valence-electron chi connectivity index (χ4n) is 4.19. The van der Waals surface area contributed by atoms with Crippen LogP contribution in [0.15, 0.2) is 53.3 Å². The fourth-order valence-corrected chi connectivity index (χ4v) is 4.19. The van der Waals surface area contributed by atoms with Crippen LogP contribution < -0.4 is 20.3 Å². The molecule has 198 valence electrons. The fraction of sp³-hybridized carbons (Fsp3) is 0.429. The molecule has 3 unspecified atom stereocenters. The molecule has 0 spiro atoms. The third-order valence-corrected chi connectivity index (χ3v) is 6.18. The number of rotatable bonds is 13. The number of aliphatic hydroxyl groups is 1. The van der Waals surface area contributed by atoms with Crippen LogP contribution in [0.3, 0.4) is 0 Å². The summed E-state index contributed by atoms with van der Waals surface area (Å²) >= 11 is 0. The van der Waals surface area contributed by atoms with Crippen LogP contribution in [-0.4, -0.2) is 46.0 Å². The Hall–Kier alpha value is -3.72. The van der Waals surface area contributed by atoms with E-state index in [0.29, 0.717) is 36.8 Å². The first-order valence-corrected chi connectivity index (χ1v) is 12.6. The van der Waals surface area contributed by atoms with Gasteiger partial charge in [0, 0.05) is 6.42 Å². The minimum atomic E-state index is -0.819. The number of amides is 1. The largest absolute Gasteiger partial charge is 0.493 e. The average Bonchev–Trinajstić information content (AvgIpc) is 2.87. The summed E-state index contributed by atoms with van der Waals surface area (Å²) in [5.41, 5.74) is 1.74. The molecule has 9 heteroatoms. The standard InChI is InChI=1S/C28H36N4O5/c1-5-37-24-16-21(14-15-23(24)36-4)17-25-30-28(35)26(32-31-25)18(2)29-27(34)22(19(3)33)13-9-12-20-10-7-6-8-11-20/h6-8,10-11,14-16,18-19,22,33H,5,9,12-13,17H2,1-4H3,(H,29,34)(H,30,31,35). The van der Waals surface area contributed by atoms with E-state index in [2.05, 4.69) is 20.5 Å². The van der Waals surface area contributed by atoms with Crippen LogP contribution in [0.25, 0.3) is 0 Å². The molecule has 0 saturated carbocycles. The second kappa shape index (κ2) is 13.5. The Balaban J connectivity index is 1.62. The van der Waals surface area contributed by atoms with E-state index in [-0.39, 0.29) is 11.6 Å². The molecule has 2 aromatic carbocycles. The van der Waals surface area contributed by atoms with Crippen molar-refractivity contribution in [3.05, 3.63) is 81.5 Å². The minimum Gasteiger partial charge on any atom is -0.493 e. The Labute approximate surface area is 217 Å². The van der Waals surface area contributed by atoms with Gasteiger partial charge in [0.1, 0.15) is 11.5 Å². The topological polar surface area (TPSA) is 126 Å². The molecule has 3 aromatic rings. The number of aromatic nitrogens is 3. The number of benzene rings is 2. The van der Waals surface area contributed by atoms with Crippen molar-refractivity contribution in [3.63, 3.8) is 0 Å². The molecule has 0 aliphatic heterocycles. The normalized spacial score (nSPS) is 13.4. The monoisotopic (exact) mass is 508 g/mol. The lowest BCUT2D eigenvalue weighted by Gasteiger charge is -2.22. The molecule has 1 amide bonds. The molecule has 0 aliphatic rings. The maximum Gasteiger partial charge on any atom is 0.275 e. The van der Waals surface area contributed by atoms with Gasteiger partial charge in [-0.25, -0.2) is 0 Å². The number of nitrogens with one attached hydrogen (secondary N) is 2. The lowest BCUT2D eigenvalue weighted by Crippen LogP contribution is -2.40. The summed E-state index contributed by atoms with van der Waals surface area (Å²) in [5, 5.41) is 21.3. The Morgan fingerprint density at radius 1 is 1.08 bits per heavy atom. The molecular weight excluding hydrogens is 472 g/mol. The van der Waals surface area contributed by atoms with Crippen LogP contribution in [0, 0.1) is 5.92 Å². The van der Waals surface area contributed by atoms with Gasteiger partial charge >= 0.3 is 0 Å². The maximum absolute atomic E-state index is 12.9. The molecule has 0 bridgehead atoms. The van der Waals surface area contributed by atoms with Crippen molar-refractivity contribution in [2.45, 2.75) is 58.6 Å². The van der Waals surface area contributed by atoms with Gasteiger partial charge in [-0.15, -0.1) is 10.2 Å². The molecular formula is C28H36N4O5. The Morgan fingerprint density at radius 2 is 1.84 bits per heavy atom. The average molecular weight is 509 g/mol. The van der Waals surface area contributed by atoms with Crippen molar-refractivity contribution in [3.8, 4) is 11.5 Å². The van der Waals surface area contributed by atoms with Crippen LogP contribution in [0.4, 0.5) is 0 Å². The summed E-state index contributed by atoms with van der Waals surface area (Å²) in [6.07, 6.45) is 1.63. The van der Waals surface area contributed by atoms with Gasteiger partial charge in [-0.1, -0.05) is 36.4 Å². The highest BCUT2D eigenvalue weighted by molar-refractivity contribution is 5.79.